The molecule has 0 unspecified atom stereocenters. The first-order chi connectivity index (χ1) is 10.2. The molecule has 1 N–H and O–H groups in total. The van der Waals surface area contributed by atoms with E-state index in [0.717, 1.165) is 43.7 Å². The van der Waals surface area contributed by atoms with E-state index in [0.29, 0.717) is 5.02 Å². The van der Waals surface area contributed by atoms with Gasteiger partial charge in [0, 0.05) is 41.5 Å². The van der Waals surface area contributed by atoms with E-state index in [-0.39, 0.29) is 11.7 Å². The van der Waals surface area contributed by atoms with Crippen molar-refractivity contribution >= 4 is 17.4 Å². The van der Waals surface area contributed by atoms with Crippen LogP contribution in [-0.4, -0.2) is 34.0 Å². The lowest BCUT2D eigenvalue weighted by atomic mass is 9.90. The summed E-state index contributed by atoms with van der Waals surface area (Å²) in [5, 5.41) is 7.60. The van der Waals surface area contributed by atoms with Gasteiger partial charge in [0.15, 0.2) is 5.78 Å². The fourth-order valence-electron chi connectivity index (χ4n) is 2.88. The summed E-state index contributed by atoms with van der Waals surface area (Å²) in [6.45, 7) is 2.66. The first-order valence-corrected chi connectivity index (χ1v) is 7.60. The summed E-state index contributed by atoms with van der Waals surface area (Å²) in [7, 11) is 0. The zero-order chi connectivity index (χ0) is 14.7. The van der Waals surface area contributed by atoms with Gasteiger partial charge < -0.3 is 0 Å². The van der Waals surface area contributed by atoms with Gasteiger partial charge in [-0.15, -0.1) is 0 Å². The molecule has 0 bridgehead atoms. The number of nitrogens with one attached hydrogen (secondary N) is 1. The minimum Gasteiger partial charge on any atom is -0.297 e. The molecule has 21 heavy (non-hydrogen) atoms. The van der Waals surface area contributed by atoms with Crippen LogP contribution in [0.2, 0.25) is 5.02 Å². The highest BCUT2D eigenvalue weighted by molar-refractivity contribution is 6.30. The van der Waals surface area contributed by atoms with Crippen LogP contribution in [0.25, 0.3) is 0 Å². The van der Waals surface area contributed by atoms with Crippen molar-refractivity contribution in [2.45, 2.75) is 19.4 Å². The Morgan fingerprint density at radius 2 is 2.14 bits per heavy atom. The molecule has 5 heteroatoms. The van der Waals surface area contributed by atoms with Crippen LogP contribution in [-0.2, 0) is 6.54 Å². The molecule has 1 aromatic carbocycles. The molecule has 0 amide bonds. The molecule has 0 spiro atoms. The lowest BCUT2D eigenvalue weighted by Gasteiger charge is -2.31. The smallest absolute Gasteiger partial charge is 0.167 e. The summed E-state index contributed by atoms with van der Waals surface area (Å²) in [5.41, 5.74) is 1.85. The molecule has 1 atom stereocenters. The van der Waals surface area contributed by atoms with Crippen molar-refractivity contribution in [2.75, 3.05) is 13.1 Å². The Kier molecular flexibility index (Phi) is 4.36. The topological polar surface area (TPSA) is 49.0 Å². The molecule has 1 aromatic heterocycles. The number of benzene rings is 1. The number of H-pyrrole nitrogens is 1. The average Bonchev–Trinajstić information content (AvgIpc) is 3.00. The summed E-state index contributed by atoms with van der Waals surface area (Å²) < 4.78 is 0. The normalized spacial score (nSPS) is 19.6. The lowest BCUT2D eigenvalue weighted by Crippen LogP contribution is -2.38. The molecule has 1 aliphatic heterocycles. The van der Waals surface area contributed by atoms with Gasteiger partial charge in [0.05, 0.1) is 0 Å². The van der Waals surface area contributed by atoms with E-state index in [1.54, 1.807) is 18.3 Å². The van der Waals surface area contributed by atoms with E-state index in [1.807, 2.05) is 18.2 Å². The van der Waals surface area contributed by atoms with Crippen molar-refractivity contribution in [3.63, 3.8) is 0 Å². The predicted molar refractivity (Wildman–Crippen MR) is 82.4 cm³/mol. The molecule has 1 aliphatic rings. The highest BCUT2D eigenvalue weighted by atomic mass is 35.5. The van der Waals surface area contributed by atoms with Crippen LogP contribution in [0.4, 0.5) is 0 Å². The van der Waals surface area contributed by atoms with Gasteiger partial charge in [0.1, 0.15) is 0 Å². The molecule has 0 saturated carbocycles. The maximum Gasteiger partial charge on any atom is 0.167 e. The van der Waals surface area contributed by atoms with Crippen molar-refractivity contribution in [3.05, 3.63) is 52.8 Å². The quantitative estimate of drug-likeness (QED) is 0.883. The average molecular weight is 304 g/mol. The van der Waals surface area contributed by atoms with E-state index in [1.165, 1.54) is 0 Å². The van der Waals surface area contributed by atoms with Gasteiger partial charge >= 0.3 is 0 Å². The molecule has 4 nitrogen and oxygen atoms in total. The van der Waals surface area contributed by atoms with Crippen molar-refractivity contribution in [1.29, 1.82) is 0 Å². The molecule has 0 radical (unpaired) electrons. The number of ketones is 1. The van der Waals surface area contributed by atoms with Crippen molar-refractivity contribution in [1.82, 2.24) is 15.1 Å². The minimum atomic E-state index is 0.0721. The maximum atomic E-state index is 12.6. The number of nitrogens with zero attached hydrogens (tertiary/aromatic N) is 2. The Morgan fingerprint density at radius 1 is 1.33 bits per heavy atom. The standard InChI is InChI=1S/C16H18ClN3O/c17-14-5-3-12(4-6-14)16(21)13-2-1-9-20(10-13)11-15-7-8-18-19-15/h3-8,13H,1-2,9-11H2,(H,18,19)/t13-/m1/s1. The number of aromatic nitrogens is 2. The van der Waals surface area contributed by atoms with Crippen LogP contribution in [0.1, 0.15) is 28.9 Å². The molecular formula is C16H18ClN3O. The molecule has 0 aliphatic carbocycles. The second-order valence-electron chi connectivity index (χ2n) is 5.53. The third-order valence-electron chi connectivity index (χ3n) is 3.96. The highest BCUT2D eigenvalue weighted by Gasteiger charge is 2.26. The van der Waals surface area contributed by atoms with Crippen LogP contribution in [0.3, 0.4) is 0 Å². The number of hydrogen-bond donors (Lipinski definition) is 1. The number of carbonyl (C=O) groups excluding carboxylic acids is 1. The van der Waals surface area contributed by atoms with Gasteiger partial charge in [-0.1, -0.05) is 11.6 Å². The van der Waals surface area contributed by atoms with Gasteiger partial charge in [0.2, 0.25) is 0 Å². The Hall–Kier alpha value is -1.65. The molecular weight excluding hydrogens is 286 g/mol. The van der Waals surface area contributed by atoms with Gasteiger partial charge in [0.25, 0.3) is 0 Å². The largest absolute Gasteiger partial charge is 0.297 e. The Labute approximate surface area is 129 Å². The van der Waals surface area contributed by atoms with Crippen LogP contribution in [0.15, 0.2) is 36.5 Å². The summed E-state index contributed by atoms with van der Waals surface area (Å²) in [5.74, 6) is 0.295. The van der Waals surface area contributed by atoms with Gasteiger partial charge in [-0.25, -0.2) is 0 Å². The number of likely N-dealkylation sites (tertiary alicyclic amines) is 1. The Bertz CT molecular complexity index is 594. The SMILES string of the molecule is O=C(c1ccc(Cl)cc1)[C@@H]1CCCN(Cc2ccn[nH]2)C1. The molecule has 2 heterocycles. The molecule has 1 fully saturated rings. The fourth-order valence-corrected chi connectivity index (χ4v) is 3.00. The summed E-state index contributed by atoms with van der Waals surface area (Å²) in [6.07, 6.45) is 3.77. The number of carbonyl (C=O) groups is 1. The second kappa shape index (κ2) is 6.41. The Balaban J connectivity index is 1.65. The van der Waals surface area contributed by atoms with E-state index >= 15 is 0 Å². The summed E-state index contributed by atoms with van der Waals surface area (Å²) >= 11 is 5.88. The fraction of sp³-hybridized carbons (Fsp3) is 0.375. The predicted octanol–water partition coefficient (Wildman–Crippen LogP) is 3.16. The van der Waals surface area contributed by atoms with E-state index in [4.69, 9.17) is 11.6 Å². The van der Waals surface area contributed by atoms with Crippen LogP contribution in [0, 0.1) is 5.92 Å². The molecule has 2 aromatic rings. The highest BCUT2D eigenvalue weighted by Crippen LogP contribution is 2.22. The number of aromatic amines is 1. The van der Waals surface area contributed by atoms with E-state index in [2.05, 4.69) is 15.1 Å². The number of piperidine rings is 1. The van der Waals surface area contributed by atoms with Gasteiger partial charge in [-0.2, -0.15) is 5.10 Å². The first kappa shape index (κ1) is 14.3. The van der Waals surface area contributed by atoms with Crippen LogP contribution in [0.5, 0.6) is 0 Å². The minimum absolute atomic E-state index is 0.0721. The molecule has 110 valence electrons. The number of Topliss-reactive ketones (excluding diaryl/α,β-unsaturated/α-hetero) is 1. The van der Waals surface area contributed by atoms with Crippen LogP contribution >= 0.6 is 11.6 Å². The summed E-state index contributed by atoms with van der Waals surface area (Å²) in [4.78, 5) is 14.9. The van der Waals surface area contributed by atoms with Crippen LogP contribution < -0.4 is 0 Å². The lowest BCUT2D eigenvalue weighted by molar-refractivity contribution is 0.0810. The number of rotatable bonds is 4. The number of hydrogen-bond acceptors (Lipinski definition) is 3. The third kappa shape index (κ3) is 3.52. The van der Waals surface area contributed by atoms with E-state index in [9.17, 15) is 4.79 Å². The molecule has 3 rings (SSSR count). The van der Waals surface area contributed by atoms with Crippen molar-refractivity contribution in [3.8, 4) is 0 Å². The Morgan fingerprint density at radius 3 is 2.86 bits per heavy atom. The zero-order valence-electron chi connectivity index (χ0n) is 11.8. The second-order valence-corrected chi connectivity index (χ2v) is 5.96. The maximum absolute atomic E-state index is 12.6. The molecule has 1 saturated heterocycles. The van der Waals surface area contributed by atoms with Crippen molar-refractivity contribution in [2.24, 2.45) is 5.92 Å². The third-order valence-corrected chi connectivity index (χ3v) is 4.21. The van der Waals surface area contributed by atoms with Gasteiger partial charge in [-0.3, -0.25) is 14.8 Å². The monoisotopic (exact) mass is 303 g/mol. The van der Waals surface area contributed by atoms with Gasteiger partial charge in [-0.05, 0) is 49.7 Å². The first-order valence-electron chi connectivity index (χ1n) is 7.23. The zero-order valence-corrected chi connectivity index (χ0v) is 12.5. The number of halogens is 1. The van der Waals surface area contributed by atoms with E-state index < -0.39 is 0 Å². The summed E-state index contributed by atoms with van der Waals surface area (Å²) in [6, 6.07) is 9.17. The van der Waals surface area contributed by atoms with Crippen molar-refractivity contribution < 1.29 is 4.79 Å².